The number of hydrogen-bond donors (Lipinski definition) is 1. The minimum atomic E-state index is 0.0222. The van der Waals surface area contributed by atoms with Crippen LogP contribution in [0.1, 0.15) is 19.3 Å². The Labute approximate surface area is 139 Å². The maximum Gasteiger partial charge on any atom is 0.225 e. The first-order valence-electron chi connectivity index (χ1n) is 8.02. The molecule has 122 valence electrons. The third kappa shape index (κ3) is 3.08. The summed E-state index contributed by atoms with van der Waals surface area (Å²) in [5.41, 5.74) is 2.47. The number of hydrogen-bond acceptors (Lipinski definition) is 4. The first-order chi connectivity index (χ1) is 11.7. The van der Waals surface area contributed by atoms with E-state index in [-0.39, 0.29) is 5.91 Å². The predicted octanol–water partition coefficient (Wildman–Crippen LogP) is 3.14. The number of fused-ring (bicyclic) bond motifs is 1. The molecule has 0 radical (unpaired) electrons. The monoisotopic (exact) mass is 322 g/mol. The molecule has 0 aliphatic heterocycles. The fourth-order valence-corrected chi connectivity index (χ4v) is 2.66. The third-order valence-electron chi connectivity index (χ3n) is 4.12. The molecule has 24 heavy (non-hydrogen) atoms. The summed E-state index contributed by atoms with van der Waals surface area (Å²) >= 11 is 0. The fourth-order valence-electron chi connectivity index (χ4n) is 2.66. The summed E-state index contributed by atoms with van der Waals surface area (Å²) in [5.74, 6) is 1.90. The van der Waals surface area contributed by atoms with Gasteiger partial charge < -0.3 is 10.1 Å². The van der Waals surface area contributed by atoms with Crippen LogP contribution < -0.4 is 10.1 Å². The molecule has 0 saturated heterocycles. The Kier molecular flexibility index (Phi) is 3.65. The zero-order valence-corrected chi connectivity index (χ0v) is 13.4. The van der Waals surface area contributed by atoms with Crippen molar-refractivity contribution < 1.29 is 9.53 Å². The maximum absolute atomic E-state index is 11.9. The van der Waals surface area contributed by atoms with Crippen LogP contribution in [0.5, 0.6) is 5.75 Å². The highest BCUT2D eigenvalue weighted by atomic mass is 16.5. The molecule has 2 aromatic heterocycles. The van der Waals surface area contributed by atoms with Crippen LogP contribution in [0.25, 0.3) is 16.9 Å². The molecule has 1 aliphatic carbocycles. The van der Waals surface area contributed by atoms with Crippen LogP contribution in [0.15, 0.2) is 42.6 Å². The first-order valence-corrected chi connectivity index (χ1v) is 8.02. The summed E-state index contributed by atoms with van der Waals surface area (Å²) in [5, 5.41) is 7.42. The van der Waals surface area contributed by atoms with Gasteiger partial charge in [0, 0.05) is 12.0 Å². The van der Waals surface area contributed by atoms with Crippen LogP contribution in [-0.2, 0) is 4.79 Å². The van der Waals surface area contributed by atoms with E-state index in [1.54, 1.807) is 17.8 Å². The minimum Gasteiger partial charge on any atom is -0.497 e. The normalized spacial score (nSPS) is 13.9. The van der Waals surface area contributed by atoms with Crippen LogP contribution in [0, 0.1) is 5.92 Å². The summed E-state index contributed by atoms with van der Waals surface area (Å²) in [6.45, 7) is 0. The number of aromatic nitrogens is 3. The highest BCUT2D eigenvalue weighted by Gasteiger charge is 2.24. The molecule has 0 bridgehead atoms. The van der Waals surface area contributed by atoms with Crippen molar-refractivity contribution in [2.75, 3.05) is 12.4 Å². The van der Waals surface area contributed by atoms with E-state index in [4.69, 9.17) is 4.74 Å². The Morgan fingerprint density at radius 2 is 2.21 bits per heavy atom. The van der Waals surface area contributed by atoms with Crippen molar-refractivity contribution in [3.05, 3.63) is 42.6 Å². The van der Waals surface area contributed by atoms with Gasteiger partial charge in [-0.05, 0) is 43.0 Å². The molecule has 1 fully saturated rings. The number of nitrogens with zero attached hydrogens (tertiary/aromatic N) is 3. The van der Waals surface area contributed by atoms with Gasteiger partial charge >= 0.3 is 0 Å². The Balaban J connectivity index is 1.59. The molecule has 0 atom stereocenters. The predicted molar refractivity (Wildman–Crippen MR) is 90.9 cm³/mol. The highest BCUT2D eigenvalue weighted by molar-refractivity contribution is 5.90. The van der Waals surface area contributed by atoms with Gasteiger partial charge in [-0.25, -0.2) is 9.50 Å². The van der Waals surface area contributed by atoms with Crippen LogP contribution in [0.2, 0.25) is 0 Å². The highest BCUT2D eigenvalue weighted by Crippen LogP contribution is 2.32. The third-order valence-corrected chi connectivity index (χ3v) is 4.12. The van der Waals surface area contributed by atoms with Crippen molar-refractivity contribution in [3.63, 3.8) is 0 Å². The van der Waals surface area contributed by atoms with Crippen LogP contribution in [-0.4, -0.2) is 27.6 Å². The second kappa shape index (κ2) is 5.96. The van der Waals surface area contributed by atoms with Gasteiger partial charge in [0.1, 0.15) is 5.75 Å². The van der Waals surface area contributed by atoms with Crippen LogP contribution in [0.4, 0.5) is 5.82 Å². The molecule has 1 aromatic carbocycles. The molecular weight excluding hydrogens is 304 g/mol. The van der Waals surface area contributed by atoms with E-state index >= 15 is 0 Å². The Morgan fingerprint density at radius 1 is 1.33 bits per heavy atom. The Bertz CT molecular complexity index is 899. The second-order valence-corrected chi connectivity index (χ2v) is 6.08. The van der Waals surface area contributed by atoms with Crippen molar-refractivity contribution in [2.24, 2.45) is 5.92 Å². The van der Waals surface area contributed by atoms with E-state index < -0.39 is 0 Å². The average molecular weight is 322 g/mol. The van der Waals surface area contributed by atoms with Gasteiger partial charge in [-0.2, -0.15) is 5.10 Å². The number of amides is 1. The Morgan fingerprint density at radius 3 is 3.00 bits per heavy atom. The number of carbonyl (C=O) groups excluding carboxylic acids is 1. The SMILES string of the molecule is COc1cccc(-c2ccc3nc(NC(=O)CC4CC4)cn3n2)c1. The van der Waals surface area contributed by atoms with Crippen molar-refractivity contribution >= 4 is 17.4 Å². The summed E-state index contributed by atoms with van der Waals surface area (Å²) in [7, 11) is 1.64. The summed E-state index contributed by atoms with van der Waals surface area (Å²) in [4.78, 5) is 16.3. The van der Waals surface area contributed by atoms with Crippen LogP contribution in [0.3, 0.4) is 0 Å². The van der Waals surface area contributed by atoms with Gasteiger partial charge in [0.05, 0.1) is 19.0 Å². The van der Waals surface area contributed by atoms with E-state index in [0.29, 0.717) is 23.8 Å². The molecule has 1 saturated carbocycles. The average Bonchev–Trinajstić information content (AvgIpc) is 3.31. The summed E-state index contributed by atoms with van der Waals surface area (Å²) in [6.07, 6.45) is 4.63. The Hall–Kier alpha value is -2.89. The van der Waals surface area contributed by atoms with E-state index in [2.05, 4.69) is 15.4 Å². The van der Waals surface area contributed by atoms with Gasteiger partial charge in [-0.15, -0.1) is 0 Å². The first kappa shape index (κ1) is 14.7. The molecule has 6 nitrogen and oxygen atoms in total. The molecule has 1 N–H and O–H groups in total. The topological polar surface area (TPSA) is 68.5 Å². The quantitative estimate of drug-likeness (QED) is 0.783. The van der Waals surface area contributed by atoms with Gasteiger partial charge in [0.15, 0.2) is 11.5 Å². The lowest BCUT2D eigenvalue weighted by molar-refractivity contribution is -0.116. The number of rotatable bonds is 5. The summed E-state index contributed by atoms with van der Waals surface area (Å²) < 4.78 is 6.94. The van der Waals surface area contributed by atoms with E-state index in [9.17, 15) is 4.79 Å². The van der Waals surface area contributed by atoms with Crippen molar-refractivity contribution in [1.29, 1.82) is 0 Å². The zero-order chi connectivity index (χ0) is 16.5. The number of ether oxygens (including phenoxy) is 1. The minimum absolute atomic E-state index is 0.0222. The lowest BCUT2D eigenvalue weighted by atomic mass is 10.1. The number of anilines is 1. The number of carbonyl (C=O) groups is 1. The maximum atomic E-state index is 11.9. The van der Waals surface area contributed by atoms with Crippen LogP contribution >= 0.6 is 0 Å². The van der Waals surface area contributed by atoms with Crippen molar-refractivity contribution in [2.45, 2.75) is 19.3 Å². The number of benzene rings is 1. The molecule has 1 amide bonds. The standard InChI is InChI=1S/C18H18N4O2/c1-24-14-4-2-3-13(10-14)15-7-8-17-19-16(11-22(17)21-15)20-18(23)9-12-5-6-12/h2-4,7-8,10-12H,5-6,9H2,1H3,(H,20,23). The largest absolute Gasteiger partial charge is 0.497 e. The summed E-state index contributed by atoms with van der Waals surface area (Å²) in [6, 6.07) is 11.5. The molecule has 6 heteroatoms. The fraction of sp³-hybridized carbons (Fsp3) is 0.278. The molecule has 1 aliphatic rings. The number of imidazole rings is 1. The van der Waals surface area contributed by atoms with Gasteiger partial charge in [-0.3, -0.25) is 4.79 Å². The van der Waals surface area contributed by atoms with Gasteiger partial charge in [0.2, 0.25) is 5.91 Å². The molecule has 0 spiro atoms. The molecule has 3 aromatic rings. The smallest absolute Gasteiger partial charge is 0.225 e. The van der Waals surface area contributed by atoms with Gasteiger partial charge in [0.25, 0.3) is 0 Å². The molecule has 2 heterocycles. The molecule has 0 unspecified atom stereocenters. The van der Waals surface area contributed by atoms with E-state index in [1.807, 2.05) is 36.4 Å². The lowest BCUT2D eigenvalue weighted by Gasteiger charge is -2.04. The lowest BCUT2D eigenvalue weighted by Crippen LogP contribution is -2.12. The van der Waals surface area contributed by atoms with E-state index in [0.717, 1.165) is 29.8 Å². The molecular formula is C18H18N4O2. The van der Waals surface area contributed by atoms with Crippen molar-refractivity contribution in [3.8, 4) is 17.0 Å². The second-order valence-electron chi connectivity index (χ2n) is 6.08. The zero-order valence-electron chi connectivity index (χ0n) is 13.4. The van der Waals surface area contributed by atoms with Crippen molar-refractivity contribution in [1.82, 2.24) is 14.6 Å². The van der Waals surface area contributed by atoms with Gasteiger partial charge in [-0.1, -0.05) is 12.1 Å². The molecule has 4 rings (SSSR count). The van der Waals surface area contributed by atoms with E-state index in [1.165, 1.54) is 0 Å². The number of methoxy groups -OCH3 is 1. The number of nitrogens with one attached hydrogen (secondary N) is 1.